The number of benzene rings is 2. The van der Waals surface area contributed by atoms with Crippen LogP contribution in [0.15, 0.2) is 54.6 Å². The van der Waals surface area contributed by atoms with E-state index in [1.807, 2.05) is 61.5 Å². The van der Waals surface area contributed by atoms with Gasteiger partial charge in [0, 0.05) is 24.0 Å². The molecule has 3 aromatic rings. The van der Waals surface area contributed by atoms with Crippen LogP contribution in [0.1, 0.15) is 19.8 Å². The normalized spacial score (nSPS) is 17.1. The van der Waals surface area contributed by atoms with Crippen LogP contribution in [0.25, 0.3) is 22.3 Å². The zero-order valence-electron chi connectivity index (χ0n) is 15.5. The molecule has 1 atom stereocenters. The van der Waals surface area contributed by atoms with Crippen molar-refractivity contribution in [1.82, 2.24) is 9.97 Å². The summed E-state index contributed by atoms with van der Waals surface area (Å²) in [7, 11) is 0. The quantitative estimate of drug-likeness (QED) is 0.656. The third-order valence-corrected chi connectivity index (χ3v) is 4.96. The van der Waals surface area contributed by atoms with Crippen molar-refractivity contribution < 1.29 is 9.53 Å². The van der Waals surface area contributed by atoms with Crippen LogP contribution in [0.5, 0.6) is 0 Å². The van der Waals surface area contributed by atoms with E-state index in [0.717, 1.165) is 41.7 Å². The smallest absolute Gasteiger partial charge is 0.310 e. The largest absolute Gasteiger partial charge is 0.466 e. The second kappa shape index (κ2) is 7.74. The topological polar surface area (TPSA) is 55.3 Å². The van der Waals surface area contributed by atoms with Gasteiger partial charge in [-0.25, -0.2) is 9.97 Å². The maximum Gasteiger partial charge on any atom is 0.310 e. The Morgan fingerprint density at radius 2 is 1.89 bits per heavy atom. The molecule has 0 spiro atoms. The zero-order chi connectivity index (χ0) is 18.6. The molecule has 5 heteroatoms. The molecule has 27 heavy (non-hydrogen) atoms. The van der Waals surface area contributed by atoms with Crippen molar-refractivity contribution in [2.24, 2.45) is 5.92 Å². The lowest BCUT2D eigenvalue weighted by Crippen LogP contribution is -2.40. The van der Waals surface area contributed by atoms with E-state index in [9.17, 15) is 4.79 Å². The number of hydrogen-bond donors (Lipinski definition) is 0. The van der Waals surface area contributed by atoms with Crippen LogP contribution in [0.3, 0.4) is 0 Å². The molecule has 0 N–H and O–H groups in total. The first-order chi connectivity index (χ1) is 13.3. The van der Waals surface area contributed by atoms with Gasteiger partial charge in [-0.05, 0) is 31.9 Å². The number of carbonyl (C=O) groups excluding carboxylic acids is 1. The van der Waals surface area contributed by atoms with Crippen molar-refractivity contribution in [3.63, 3.8) is 0 Å². The van der Waals surface area contributed by atoms with Gasteiger partial charge in [0.15, 0.2) is 5.82 Å². The minimum atomic E-state index is -0.108. The van der Waals surface area contributed by atoms with Crippen LogP contribution >= 0.6 is 0 Å². The molecule has 2 aromatic carbocycles. The van der Waals surface area contributed by atoms with E-state index in [2.05, 4.69) is 4.90 Å². The number of piperidine rings is 1. The maximum atomic E-state index is 12.2. The van der Waals surface area contributed by atoms with Crippen LogP contribution in [-0.4, -0.2) is 35.6 Å². The highest BCUT2D eigenvalue weighted by molar-refractivity contribution is 5.91. The number of hydrogen-bond acceptors (Lipinski definition) is 5. The van der Waals surface area contributed by atoms with E-state index in [0.29, 0.717) is 19.0 Å². The van der Waals surface area contributed by atoms with Crippen LogP contribution < -0.4 is 4.90 Å². The summed E-state index contributed by atoms with van der Waals surface area (Å²) in [5.41, 5.74) is 1.91. The number of fused-ring (bicyclic) bond motifs is 1. The Kier molecular flexibility index (Phi) is 5.01. The molecule has 0 radical (unpaired) electrons. The number of nitrogens with zero attached hydrogens (tertiary/aromatic N) is 3. The van der Waals surface area contributed by atoms with E-state index in [1.54, 1.807) is 0 Å². The number of anilines is 1. The minimum absolute atomic E-state index is 0.104. The fourth-order valence-corrected chi connectivity index (χ4v) is 3.64. The molecular formula is C22H23N3O2. The van der Waals surface area contributed by atoms with Crippen molar-refractivity contribution >= 4 is 22.7 Å². The molecule has 1 saturated heterocycles. The molecule has 138 valence electrons. The Hall–Kier alpha value is -2.95. The highest BCUT2D eigenvalue weighted by Crippen LogP contribution is 2.30. The predicted molar refractivity (Wildman–Crippen MR) is 107 cm³/mol. The summed E-state index contributed by atoms with van der Waals surface area (Å²) < 4.78 is 5.25. The van der Waals surface area contributed by atoms with Crippen LogP contribution in [0.4, 0.5) is 5.82 Å². The standard InChI is InChI=1S/C22H23N3O2/c1-2-27-22(26)17-11-8-14-25(15-17)21-18-12-6-7-13-19(18)23-20(24-21)16-9-4-3-5-10-16/h3-7,9-10,12-13,17H,2,8,11,14-15H2,1H3. The molecule has 2 heterocycles. The summed E-state index contributed by atoms with van der Waals surface area (Å²) in [6, 6.07) is 18.1. The Bertz CT molecular complexity index is 943. The number of ether oxygens (including phenoxy) is 1. The van der Waals surface area contributed by atoms with E-state index in [-0.39, 0.29) is 11.9 Å². The zero-order valence-corrected chi connectivity index (χ0v) is 15.5. The van der Waals surface area contributed by atoms with Gasteiger partial charge in [-0.15, -0.1) is 0 Å². The van der Waals surface area contributed by atoms with E-state index >= 15 is 0 Å². The molecule has 0 saturated carbocycles. The summed E-state index contributed by atoms with van der Waals surface area (Å²) in [6.45, 7) is 3.78. The summed E-state index contributed by atoms with van der Waals surface area (Å²) in [5, 5.41) is 1.02. The molecule has 1 aromatic heterocycles. The maximum absolute atomic E-state index is 12.2. The van der Waals surface area contributed by atoms with Gasteiger partial charge in [-0.2, -0.15) is 0 Å². The monoisotopic (exact) mass is 361 g/mol. The Balaban J connectivity index is 1.75. The number of aromatic nitrogens is 2. The van der Waals surface area contributed by atoms with Crippen molar-refractivity contribution in [1.29, 1.82) is 0 Å². The van der Waals surface area contributed by atoms with Crippen molar-refractivity contribution in [2.45, 2.75) is 19.8 Å². The fourth-order valence-electron chi connectivity index (χ4n) is 3.64. The summed E-state index contributed by atoms with van der Waals surface area (Å²) >= 11 is 0. The SMILES string of the molecule is CCOC(=O)C1CCCN(c2nc(-c3ccccc3)nc3ccccc23)C1. The molecule has 0 amide bonds. The highest BCUT2D eigenvalue weighted by atomic mass is 16.5. The Morgan fingerprint density at radius 1 is 1.11 bits per heavy atom. The third-order valence-electron chi connectivity index (χ3n) is 4.96. The molecule has 1 fully saturated rings. The predicted octanol–water partition coefficient (Wildman–Crippen LogP) is 4.08. The molecule has 0 bridgehead atoms. The van der Waals surface area contributed by atoms with Crippen molar-refractivity contribution in [3.05, 3.63) is 54.6 Å². The first-order valence-corrected chi connectivity index (χ1v) is 9.50. The summed E-state index contributed by atoms with van der Waals surface area (Å²) in [4.78, 5) is 24.1. The van der Waals surface area contributed by atoms with Crippen LogP contribution in [0.2, 0.25) is 0 Å². The van der Waals surface area contributed by atoms with Gasteiger partial charge in [0.25, 0.3) is 0 Å². The average molecular weight is 361 g/mol. The molecule has 4 rings (SSSR count). The molecule has 1 aliphatic heterocycles. The molecule has 1 aliphatic rings. The number of para-hydroxylation sites is 1. The third kappa shape index (κ3) is 3.63. The first kappa shape index (κ1) is 17.5. The number of carbonyl (C=O) groups is 1. The van der Waals surface area contributed by atoms with Gasteiger partial charge in [-0.1, -0.05) is 42.5 Å². The summed E-state index contributed by atoms with van der Waals surface area (Å²) in [5.74, 6) is 1.40. The second-order valence-electron chi connectivity index (χ2n) is 6.79. The van der Waals surface area contributed by atoms with Gasteiger partial charge < -0.3 is 9.64 Å². The van der Waals surface area contributed by atoms with Crippen LogP contribution in [-0.2, 0) is 9.53 Å². The number of rotatable bonds is 4. The van der Waals surface area contributed by atoms with Crippen molar-refractivity contribution in [2.75, 3.05) is 24.6 Å². The van der Waals surface area contributed by atoms with E-state index < -0.39 is 0 Å². The van der Waals surface area contributed by atoms with E-state index in [1.165, 1.54) is 0 Å². The van der Waals surface area contributed by atoms with Gasteiger partial charge in [0.2, 0.25) is 0 Å². The average Bonchev–Trinajstić information content (AvgIpc) is 2.74. The van der Waals surface area contributed by atoms with Crippen molar-refractivity contribution in [3.8, 4) is 11.4 Å². The highest BCUT2D eigenvalue weighted by Gasteiger charge is 2.28. The lowest BCUT2D eigenvalue weighted by molar-refractivity contribution is -0.148. The first-order valence-electron chi connectivity index (χ1n) is 9.50. The second-order valence-corrected chi connectivity index (χ2v) is 6.79. The van der Waals surface area contributed by atoms with Gasteiger partial charge >= 0.3 is 5.97 Å². The molecule has 0 aliphatic carbocycles. The molecule has 5 nitrogen and oxygen atoms in total. The minimum Gasteiger partial charge on any atom is -0.466 e. The van der Waals surface area contributed by atoms with E-state index in [4.69, 9.17) is 14.7 Å². The van der Waals surface area contributed by atoms with Gasteiger partial charge in [0.1, 0.15) is 5.82 Å². The van der Waals surface area contributed by atoms with Crippen LogP contribution in [0, 0.1) is 5.92 Å². The molecular weight excluding hydrogens is 338 g/mol. The van der Waals surface area contributed by atoms with Gasteiger partial charge in [-0.3, -0.25) is 4.79 Å². The lowest BCUT2D eigenvalue weighted by atomic mass is 9.98. The molecule has 1 unspecified atom stereocenters. The number of esters is 1. The lowest BCUT2D eigenvalue weighted by Gasteiger charge is -2.33. The fraction of sp³-hybridized carbons (Fsp3) is 0.318. The Labute approximate surface area is 159 Å². The van der Waals surface area contributed by atoms with Gasteiger partial charge in [0.05, 0.1) is 18.0 Å². The Morgan fingerprint density at radius 3 is 2.70 bits per heavy atom. The summed E-state index contributed by atoms with van der Waals surface area (Å²) in [6.07, 6.45) is 1.81.